The lowest BCUT2D eigenvalue weighted by Gasteiger charge is -2.25. The largest absolute Gasteiger partial charge is 0.391 e. The Hall–Kier alpha value is -2.47. The standard InChI is InChI=1S/C18H19FN2O3/c1-12-5-6-20(17(23)7-12)11-18(24)21-10-15(22)9-16(21)13-3-2-4-14(19)8-13/h2-8,15-16,22H,9-11H2,1H3/t15-,16+/m0/s1. The summed E-state index contributed by atoms with van der Waals surface area (Å²) in [5.74, 6) is -0.650. The normalized spacial score (nSPS) is 20.4. The minimum Gasteiger partial charge on any atom is -0.391 e. The first-order valence-corrected chi connectivity index (χ1v) is 7.84. The molecule has 2 atom stereocenters. The molecule has 1 amide bonds. The number of hydrogen-bond donors (Lipinski definition) is 1. The summed E-state index contributed by atoms with van der Waals surface area (Å²) in [5, 5.41) is 9.95. The number of hydrogen-bond acceptors (Lipinski definition) is 3. The molecule has 2 heterocycles. The van der Waals surface area contributed by atoms with Gasteiger partial charge >= 0.3 is 0 Å². The fourth-order valence-electron chi connectivity index (χ4n) is 3.09. The van der Waals surface area contributed by atoms with Gasteiger partial charge in [-0.1, -0.05) is 12.1 Å². The van der Waals surface area contributed by atoms with Gasteiger partial charge in [0.1, 0.15) is 12.4 Å². The summed E-state index contributed by atoms with van der Waals surface area (Å²) in [6.07, 6.45) is 1.29. The Kier molecular flexibility index (Phi) is 4.49. The molecular formula is C18H19FN2O3. The van der Waals surface area contributed by atoms with Crippen molar-refractivity contribution >= 4 is 5.91 Å². The number of aliphatic hydroxyl groups is 1. The lowest BCUT2D eigenvalue weighted by Crippen LogP contribution is -2.36. The van der Waals surface area contributed by atoms with Gasteiger partial charge in [-0.15, -0.1) is 0 Å². The molecule has 2 aromatic rings. The number of nitrogens with zero attached hydrogens (tertiary/aromatic N) is 2. The van der Waals surface area contributed by atoms with Gasteiger partial charge < -0.3 is 14.6 Å². The molecule has 0 unspecified atom stereocenters. The van der Waals surface area contributed by atoms with Crippen LogP contribution in [0.15, 0.2) is 47.4 Å². The predicted octanol–water partition coefficient (Wildman–Crippen LogP) is 1.63. The predicted molar refractivity (Wildman–Crippen MR) is 86.9 cm³/mol. The van der Waals surface area contributed by atoms with Crippen LogP contribution in [0.5, 0.6) is 0 Å². The SMILES string of the molecule is Cc1ccn(CC(=O)N2C[C@@H](O)C[C@@H]2c2cccc(F)c2)c(=O)c1. The minimum atomic E-state index is -0.656. The molecule has 126 valence electrons. The molecule has 24 heavy (non-hydrogen) atoms. The molecule has 1 aliphatic rings. The molecular weight excluding hydrogens is 311 g/mol. The second-order valence-electron chi connectivity index (χ2n) is 6.18. The van der Waals surface area contributed by atoms with Crippen molar-refractivity contribution in [3.63, 3.8) is 0 Å². The lowest BCUT2D eigenvalue weighted by molar-refractivity contribution is -0.133. The first-order valence-electron chi connectivity index (χ1n) is 7.84. The summed E-state index contributed by atoms with van der Waals surface area (Å²) in [5.41, 5.74) is 1.24. The molecule has 5 nitrogen and oxygen atoms in total. The second-order valence-corrected chi connectivity index (χ2v) is 6.18. The van der Waals surface area contributed by atoms with Crippen LogP contribution in [-0.4, -0.2) is 33.1 Å². The van der Waals surface area contributed by atoms with E-state index in [4.69, 9.17) is 0 Å². The summed E-state index contributed by atoms with van der Waals surface area (Å²) < 4.78 is 14.8. The summed E-state index contributed by atoms with van der Waals surface area (Å²) >= 11 is 0. The van der Waals surface area contributed by atoms with E-state index in [-0.39, 0.29) is 36.4 Å². The highest BCUT2D eigenvalue weighted by Gasteiger charge is 2.35. The average Bonchev–Trinajstić information content (AvgIpc) is 2.92. The number of benzene rings is 1. The Bertz CT molecular complexity index is 818. The van der Waals surface area contributed by atoms with Crippen molar-refractivity contribution in [2.45, 2.75) is 32.0 Å². The maximum Gasteiger partial charge on any atom is 0.251 e. The number of aliphatic hydroxyl groups excluding tert-OH is 1. The summed E-state index contributed by atoms with van der Waals surface area (Å²) in [6, 6.07) is 8.89. The van der Waals surface area contributed by atoms with Gasteiger partial charge in [0.2, 0.25) is 5.91 Å². The van der Waals surface area contributed by atoms with Gasteiger partial charge in [0.15, 0.2) is 0 Å². The molecule has 1 aromatic carbocycles. The van der Waals surface area contributed by atoms with Crippen molar-refractivity contribution < 1.29 is 14.3 Å². The summed E-state index contributed by atoms with van der Waals surface area (Å²) in [4.78, 5) is 26.1. The van der Waals surface area contributed by atoms with Crippen molar-refractivity contribution in [1.29, 1.82) is 0 Å². The Labute approximate surface area is 139 Å². The summed E-state index contributed by atoms with van der Waals surface area (Å²) in [7, 11) is 0. The Balaban J connectivity index is 1.83. The van der Waals surface area contributed by atoms with E-state index in [1.165, 1.54) is 27.7 Å². The molecule has 0 bridgehead atoms. The number of aromatic nitrogens is 1. The number of aryl methyl sites for hydroxylation is 1. The maximum absolute atomic E-state index is 13.5. The van der Waals surface area contributed by atoms with Gasteiger partial charge in [0.25, 0.3) is 5.56 Å². The molecule has 0 saturated carbocycles. The van der Waals surface area contributed by atoms with Crippen LogP contribution in [0.3, 0.4) is 0 Å². The number of rotatable bonds is 3. The highest BCUT2D eigenvalue weighted by molar-refractivity contribution is 5.77. The zero-order valence-electron chi connectivity index (χ0n) is 13.4. The van der Waals surface area contributed by atoms with Gasteiger partial charge in [-0.2, -0.15) is 0 Å². The number of halogens is 1. The van der Waals surface area contributed by atoms with E-state index in [2.05, 4.69) is 0 Å². The third kappa shape index (κ3) is 3.38. The third-order valence-electron chi connectivity index (χ3n) is 4.29. The molecule has 0 spiro atoms. The second kappa shape index (κ2) is 6.57. The summed E-state index contributed by atoms with van der Waals surface area (Å²) in [6.45, 7) is 1.89. The molecule has 1 saturated heterocycles. The van der Waals surface area contributed by atoms with Crippen LogP contribution in [0.2, 0.25) is 0 Å². The van der Waals surface area contributed by atoms with Crippen molar-refractivity contribution in [3.8, 4) is 0 Å². The number of pyridine rings is 1. The van der Waals surface area contributed by atoms with E-state index in [0.29, 0.717) is 12.0 Å². The Morgan fingerprint density at radius 1 is 1.33 bits per heavy atom. The van der Waals surface area contributed by atoms with Gasteiger partial charge in [0.05, 0.1) is 12.1 Å². The fraction of sp³-hybridized carbons (Fsp3) is 0.333. The molecule has 0 radical (unpaired) electrons. The first-order chi connectivity index (χ1) is 11.4. The van der Waals surface area contributed by atoms with Crippen molar-refractivity contribution in [3.05, 3.63) is 69.9 Å². The molecule has 6 heteroatoms. The van der Waals surface area contributed by atoms with E-state index in [1.807, 2.05) is 6.92 Å². The quantitative estimate of drug-likeness (QED) is 0.930. The van der Waals surface area contributed by atoms with E-state index in [0.717, 1.165) is 5.56 Å². The monoisotopic (exact) mass is 330 g/mol. The van der Waals surface area contributed by atoms with Crippen LogP contribution in [0.25, 0.3) is 0 Å². The van der Waals surface area contributed by atoms with Crippen LogP contribution < -0.4 is 5.56 Å². The van der Waals surface area contributed by atoms with Crippen LogP contribution in [0.4, 0.5) is 4.39 Å². The molecule has 1 aromatic heterocycles. The molecule has 3 rings (SSSR count). The van der Waals surface area contributed by atoms with E-state index in [9.17, 15) is 19.1 Å². The van der Waals surface area contributed by atoms with E-state index >= 15 is 0 Å². The van der Waals surface area contributed by atoms with Crippen LogP contribution in [-0.2, 0) is 11.3 Å². The van der Waals surface area contributed by atoms with Gasteiger partial charge in [-0.3, -0.25) is 9.59 Å². The first kappa shape index (κ1) is 16.4. The number of amides is 1. The number of carbonyl (C=O) groups excluding carboxylic acids is 1. The molecule has 1 aliphatic heterocycles. The van der Waals surface area contributed by atoms with Crippen LogP contribution in [0.1, 0.15) is 23.6 Å². The fourth-order valence-corrected chi connectivity index (χ4v) is 3.09. The number of carbonyl (C=O) groups is 1. The van der Waals surface area contributed by atoms with Gasteiger partial charge in [-0.05, 0) is 42.7 Å². The van der Waals surface area contributed by atoms with Crippen LogP contribution >= 0.6 is 0 Å². The highest BCUT2D eigenvalue weighted by Crippen LogP contribution is 2.32. The zero-order chi connectivity index (χ0) is 17.3. The number of likely N-dealkylation sites (tertiary alicyclic amines) is 1. The van der Waals surface area contributed by atoms with E-state index < -0.39 is 6.10 Å². The molecule has 1 N–H and O–H groups in total. The zero-order valence-corrected chi connectivity index (χ0v) is 13.4. The minimum absolute atomic E-state index is 0.0996. The lowest BCUT2D eigenvalue weighted by atomic mass is 10.0. The highest BCUT2D eigenvalue weighted by atomic mass is 19.1. The van der Waals surface area contributed by atoms with Crippen molar-refractivity contribution in [1.82, 2.24) is 9.47 Å². The van der Waals surface area contributed by atoms with Gasteiger partial charge in [0, 0.05) is 18.8 Å². The Morgan fingerprint density at radius 3 is 2.83 bits per heavy atom. The topological polar surface area (TPSA) is 62.5 Å². The number of β-amino-alcohol motifs (C(OH)–C–C–N with tert-alkyl or cyclic N) is 1. The maximum atomic E-state index is 13.5. The van der Waals surface area contributed by atoms with E-state index in [1.54, 1.807) is 24.4 Å². The van der Waals surface area contributed by atoms with Crippen molar-refractivity contribution in [2.75, 3.05) is 6.54 Å². The third-order valence-corrected chi connectivity index (χ3v) is 4.29. The Morgan fingerprint density at radius 2 is 2.12 bits per heavy atom. The smallest absolute Gasteiger partial charge is 0.251 e. The van der Waals surface area contributed by atoms with Gasteiger partial charge in [-0.25, -0.2) is 4.39 Å². The van der Waals surface area contributed by atoms with Crippen molar-refractivity contribution in [2.24, 2.45) is 0 Å². The molecule has 1 fully saturated rings. The van der Waals surface area contributed by atoms with Crippen LogP contribution in [0, 0.1) is 12.7 Å². The molecule has 0 aliphatic carbocycles. The average molecular weight is 330 g/mol.